The molecule has 118 valence electrons. The lowest BCUT2D eigenvalue weighted by atomic mass is 9.99. The van der Waals surface area contributed by atoms with Gasteiger partial charge in [0.15, 0.2) is 0 Å². The first kappa shape index (κ1) is 15.9. The number of aliphatic imine (C=N–C) groups is 1. The van der Waals surface area contributed by atoms with E-state index < -0.39 is 0 Å². The SMILES string of the molecule is C=C(C/N=C1\C=CC=C\C1=C\c1ccccc1C)c1ccccc1. The minimum atomic E-state index is 0.600. The van der Waals surface area contributed by atoms with Crippen LogP contribution in [0.5, 0.6) is 0 Å². The largest absolute Gasteiger partial charge is 0.280 e. The van der Waals surface area contributed by atoms with Crippen LogP contribution in [0.4, 0.5) is 0 Å². The first-order valence-electron chi connectivity index (χ1n) is 8.14. The number of allylic oxidation sites excluding steroid dienone is 5. The van der Waals surface area contributed by atoms with Crippen molar-refractivity contribution in [2.75, 3.05) is 6.54 Å². The molecule has 3 rings (SSSR count). The lowest BCUT2D eigenvalue weighted by Crippen LogP contribution is -2.02. The molecule has 0 aromatic heterocycles. The molecule has 0 saturated carbocycles. The van der Waals surface area contributed by atoms with Gasteiger partial charge in [0.25, 0.3) is 0 Å². The van der Waals surface area contributed by atoms with Crippen molar-refractivity contribution in [3.63, 3.8) is 0 Å². The lowest BCUT2D eigenvalue weighted by molar-refractivity contribution is 1.26. The van der Waals surface area contributed by atoms with Crippen LogP contribution in [0.2, 0.25) is 0 Å². The van der Waals surface area contributed by atoms with Crippen molar-refractivity contribution < 1.29 is 0 Å². The molecule has 0 atom stereocenters. The summed E-state index contributed by atoms with van der Waals surface area (Å²) in [5.74, 6) is 0. The molecule has 1 nitrogen and oxygen atoms in total. The van der Waals surface area contributed by atoms with E-state index in [0.717, 1.165) is 22.4 Å². The zero-order valence-corrected chi connectivity index (χ0v) is 13.9. The van der Waals surface area contributed by atoms with Crippen molar-refractivity contribution in [1.82, 2.24) is 0 Å². The fourth-order valence-electron chi connectivity index (χ4n) is 2.62. The number of nitrogens with zero attached hydrogens (tertiary/aromatic N) is 1. The van der Waals surface area contributed by atoms with Crippen LogP contribution >= 0.6 is 0 Å². The Morgan fingerprint density at radius 1 is 0.958 bits per heavy atom. The van der Waals surface area contributed by atoms with Gasteiger partial charge in [-0.3, -0.25) is 4.99 Å². The van der Waals surface area contributed by atoms with Gasteiger partial charge in [0, 0.05) is 5.57 Å². The topological polar surface area (TPSA) is 12.4 Å². The summed E-state index contributed by atoms with van der Waals surface area (Å²) in [6, 6.07) is 18.6. The average molecular weight is 311 g/mol. The van der Waals surface area contributed by atoms with Crippen molar-refractivity contribution >= 4 is 17.4 Å². The van der Waals surface area contributed by atoms with Gasteiger partial charge < -0.3 is 0 Å². The van der Waals surface area contributed by atoms with Crippen LogP contribution < -0.4 is 0 Å². The third-order valence-electron chi connectivity index (χ3n) is 4.06. The van der Waals surface area contributed by atoms with E-state index in [0.29, 0.717) is 6.54 Å². The van der Waals surface area contributed by atoms with Gasteiger partial charge in [-0.2, -0.15) is 0 Å². The summed E-state index contributed by atoms with van der Waals surface area (Å²) in [5.41, 5.74) is 6.79. The van der Waals surface area contributed by atoms with Crippen molar-refractivity contribution in [3.05, 3.63) is 108 Å². The second-order valence-corrected chi connectivity index (χ2v) is 5.85. The third-order valence-corrected chi connectivity index (χ3v) is 4.06. The molecule has 1 aliphatic rings. The first-order chi connectivity index (χ1) is 11.7. The molecule has 0 N–H and O–H groups in total. The maximum Gasteiger partial charge on any atom is 0.0650 e. The monoisotopic (exact) mass is 311 g/mol. The predicted molar refractivity (Wildman–Crippen MR) is 105 cm³/mol. The van der Waals surface area contributed by atoms with Gasteiger partial charge in [0.2, 0.25) is 0 Å². The number of rotatable bonds is 4. The summed E-state index contributed by atoms with van der Waals surface area (Å²) in [7, 11) is 0. The van der Waals surface area contributed by atoms with Gasteiger partial charge in [-0.25, -0.2) is 0 Å². The van der Waals surface area contributed by atoms with E-state index in [4.69, 9.17) is 4.99 Å². The molecule has 0 unspecified atom stereocenters. The van der Waals surface area contributed by atoms with E-state index in [1.807, 2.05) is 24.3 Å². The molecule has 0 spiro atoms. The van der Waals surface area contributed by atoms with Crippen LogP contribution in [0.15, 0.2) is 96.0 Å². The Morgan fingerprint density at radius 3 is 2.46 bits per heavy atom. The van der Waals surface area contributed by atoms with Gasteiger partial charge in [0.05, 0.1) is 12.3 Å². The Balaban J connectivity index is 1.83. The van der Waals surface area contributed by atoms with Crippen molar-refractivity contribution in [2.45, 2.75) is 6.92 Å². The minimum Gasteiger partial charge on any atom is -0.280 e. The molecule has 2 aromatic carbocycles. The Morgan fingerprint density at radius 2 is 1.67 bits per heavy atom. The Hall–Kier alpha value is -2.93. The third kappa shape index (κ3) is 3.88. The number of aryl methyl sites for hydroxylation is 1. The minimum absolute atomic E-state index is 0.600. The van der Waals surface area contributed by atoms with E-state index >= 15 is 0 Å². The number of hydrogen-bond acceptors (Lipinski definition) is 1. The second-order valence-electron chi connectivity index (χ2n) is 5.85. The van der Waals surface area contributed by atoms with Crippen molar-refractivity contribution in [2.24, 2.45) is 4.99 Å². The predicted octanol–water partition coefficient (Wildman–Crippen LogP) is 5.66. The summed E-state index contributed by atoms with van der Waals surface area (Å²) in [4.78, 5) is 4.78. The van der Waals surface area contributed by atoms with Crippen LogP contribution in [0.1, 0.15) is 16.7 Å². The molecule has 0 radical (unpaired) electrons. The maximum absolute atomic E-state index is 4.78. The number of hydrogen-bond donors (Lipinski definition) is 0. The van der Waals surface area contributed by atoms with E-state index in [1.54, 1.807) is 0 Å². The summed E-state index contributed by atoms with van der Waals surface area (Å²) >= 11 is 0. The molecule has 0 bridgehead atoms. The first-order valence-corrected chi connectivity index (χ1v) is 8.14. The summed E-state index contributed by atoms with van der Waals surface area (Å²) in [6.45, 7) is 6.89. The highest BCUT2D eigenvalue weighted by Gasteiger charge is 2.06. The van der Waals surface area contributed by atoms with Gasteiger partial charge in [-0.15, -0.1) is 0 Å². The molecule has 24 heavy (non-hydrogen) atoms. The Kier molecular flexibility index (Phi) is 5.02. The molecule has 0 heterocycles. The molecule has 0 fully saturated rings. The van der Waals surface area contributed by atoms with Gasteiger partial charge >= 0.3 is 0 Å². The van der Waals surface area contributed by atoms with E-state index in [1.165, 1.54) is 11.1 Å². The van der Waals surface area contributed by atoms with Crippen molar-refractivity contribution in [1.29, 1.82) is 0 Å². The fraction of sp³-hybridized carbons (Fsp3) is 0.0870. The lowest BCUT2D eigenvalue weighted by Gasteiger charge is -2.10. The molecular weight excluding hydrogens is 290 g/mol. The molecular formula is C23H21N. The fourth-order valence-corrected chi connectivity index (χ4v) is 2.62. The normalized spacial score (nSPS) is 16.7. The molecule has 2 aromatic rings. The van der Waals surface area contributed by atoms with Crippen molar-refractivity contribution in [3.8, 4) is 0 Å². The van der Waals surface area contributed by atoms with E-state index in [2.05, 4.69) is 74.2 Å². The quantitative estimate of drug-likeness (QED) is 0.691. The smallest absolute Gasteiger partial charge is 0.0650 e. The molecule has 0 saturated heterocycles. The standard InChI is InChI=1S/C23H21N/c1-18-10-6-7-13-21(18)16-22-14-8-9-15-23(22)24-17-19(2)20-11-4-3-5-12-20/h3-16H,2,17H2,1H3/b22-16-,24-23+. The highest BCUT2D eigenvalue weighted by Crippen LogP contribution is 2.18. The summed E-state index contributed by atoms with van der Waals surface area (Å²) in [5, 5.41) is 0. The van der Waals surface area contributed by atoms with E-state index in [9.17, 15) is 0 Å². The zero-order chi connectivity index (χ0) is 16.8. The van der Waals surface area contributed by atoms with Gasteiger partial charge in [0.1, 0.15) is 0 Å². The molecule has 0 aliphatic heterocycles. The zero-order valence-electron chi connectivity index (χ0n) is 13.9. The highest BCUT2D eigenvalue weighted by atomic mass is 14.7. The van der Waals surface area contributed by atoms with Crippen LogP contribution in [0.3, 0.4) is 0 Å². The molecule has 1 aliphatic carbocycles. The Bertz CT molecular complexity index is 849. The second kappa shape index (κ2) is 7.56. The van der Waals surface area contributed by atoms with Crippen LogP contribution in [-0.2, 0) is 0 Å². The highest BCUT2D eigenvalue weighted by molar-refractivity contribution is 6.14. The van der Waals surface area contributed by atoms with Gasteiger partial charge in [-0.05, 0) is 41.3 Å². The summed E-state index contributed by atoms with van der Waals surface area (Å²) in [6.07, 6.45) is 10.4. The number of benzene rings is 2. The van der Waals surface area contributed by atoms with Crippen LogP contribution in [-0.4, -0.2) is 12.3 Å². The summed E-state index contributed by atoms with van der Waals surface area (Å²) < 4.78 is 0. The van der Waals surface area contributed by atoms with Crippen LogP contribution in [0.25, 0.3) is 11.6 Å². The molecule has 1 heteroatoms. The average Bonchev–Trinajstić information content (AvgIpc) is 2.63. The Labute approximate surface area is 144 Å². The maximum atomic E-state index is 4.78. The van der Waals surface area contributed by atoms with Gasteiger partial charge in [-0.1, -0.05) is 79.4 Å². The van der Waals surface area contributed by atoms with E-state index in [-0.39, 0.29) is 0 Å². The van der Waals surface area contributed by atoms with Crippen LogP contribution in [0, 0.1) is 6.92 Å². The molecule has 0 amide bonds.